The summed E-state index contributed by atoms with van der Waals surface area (Å²) in [6.07, 6.45) is 0.999. The number of nitrogens with one attached hydrogen (secondary N) is 1. The molecule has 1 nitrogen and oxygen atoms in total. The van der Waals surface area contributed by atoms with Gasteiger partial charge in [-0.2, -0.15) is 0 Å². The summed E-state index contributed by atoms with van der Waals surface area (Å²) < 4.78 is 2.18. The van der Waals surface area contributed by atoms with Gasteiger partial charge in [0.1, 0.15) is 0 Å². The monoisotopic (exact) mass is 401 g/mol. The van der Waals surface area contributed by atoms with Gasteiger partial charge in [-0.15, -0.1) is 0 Å². The van der Waals surface area contributed by atoms with E-state index >= 15 is 0 Å². The summed E-state index contributed by atoms with van der Waals surface area (Å²) in [5, 5.41) is 4.22. The van der Waals surface area contributed by atoms with Crippen molar-refractivity contribution >= 4 is 49.1 Å². The van der Waals surface area contributed by atoms with Crippen LogP contribution in [0.25, 0.3) is 0 Å². The molecule has 0 saturated carbocycles. The SMILES string of the molecule is CCc1cc(Br)ccc1NCc1cc(Cl)ccc1Br. The van der Waals surface area contributed by atoms with Crippen LogP contribution in [-0.2, 0) is 13.0 Å². The molecular weight excluding hydrogens is 389 g/mol. The van der Waals surface area contributed by atoms with E-state index in [2.05, 4.69) is 62.3 Å². The molecule has 0 bridgehead atoms. The molecule has 0 heterocycles. The third-order valence-electron chi connectivity index (χ3n) is 2.93. The van der Waals surface area contributed by atoms with Crippen LogP contribution in [0, 0.1) is 0 Å². The highest BCUT2D eigenvalue weighted by Gasteiger charge is 2.04. The van der Waals surface area contributed by atoms with Gasteiger partial charge in [-0.05, 0) is 53.9 Å². The van der Waals surface area contributed by atoms with Gasteiger partial charge in [0.2, 0.25) is 0 Å². The lowest BCUT2D eigenvalue weighted by atomic mass is 10.1. The summed E-state index contributed by atoms with van der Waals surface area (Å²) in [5.41, 5.74) is 3.61. The molecule has 2 aromatic rings. The molecule has 0 radical (unpaired) electrons. The van der Waals surface area contributed by atoms with E-state index in [0.717, 1.165) is 38.2 Å². The first kappa shape index (κ1) is 14.9. The second-order valence-corrected chi connectivity index (χ2v) is 6.45. The third-order valence-corrected chi connectivity index (χ3v) is 4.43. The number of hydrogen-bond donors (Lipinski definition) is 1. The minimum atomic E-state index is 0.746. The molecule has 0 aliphatic rings. The maximum atomic E-state index is 6.02. The minimum absolute atomic E-state index is 0.746. The zero-order chi connectivity index (χ0) is 13.8. The van der Waals surface area contributed by atoms with Crippen molar-refractivity contribution in [3.63, 3.8) is 0 Å². The second kappa shape index (κ2) is 6.78. The first-order valence-corrected chi connectivity index (χ1v) is 8.02. The Labute approximate surface area is 135 Å². The summed E-state index contributed by atoms with van der Waals surface area (Å²) in [4.78, 5) is 0. The lowest BCUT2D eigenvalue weighted by molar-refractivity contribution is 1.08. The Morgan fingerprint density at radius 3 is 2.58 bits per heavy atom. The molecule has 0 spiro atoms. The summed E-state index contributed by atoms with van der Waals surface area (Å²) in [5.74, 6) is 0. The number of halogens is 3. The van der Waals surface area contributed by atoms with E-state index in [-0.39, 0.29) is 0 Å². The Kier molecular flexibility index (Phi) is 5.31. The molecule has 0 aromatic heterocycles. The Bertz CT molecular complexity index is 584. The van der Waals surface area contributed by atoms with Crippen molar-refractivity contribution in [2.75, 3.05) is 5.32 Å². The van der Waals surface area contributed by atoms with Crippen molar-refractivity contribution in [3.05, 3.63) is 61.5 Å². The molecule has 0 amide bonds. The van der Waals surface area contributed by atoms with Gasteiger partial charge < -0.3 is 5.32 Å². The van der Waals surface area contributed by atoms with E-state index in [4.69, 9.17) is 11.6 Å². The van der Waals surface area contributed by atoms with Crippen LogP contribution in [0.4, 0.5) is 5.69 Å². The number of rotatable bonds is 4. The third kappa shape index (κ3) is 3.98. The van der Waals surface area contributed by atoms with Gasteiger partial charge in [0, 0.05) is 26.2 Å². The molecule has 4 heteroatoms. The van der Waals surface area contributed by atoms with E-state index in [1.54, 1.807) is 0 Å². The van der Waals surface area contributed by atoms with Crippen LogP contribution < -0.4 is 5.32 Å². The molecule has 0 saturated heterocycles. The van der Waals surface area contributed by atoms with Crippen LogP contribution in [0.3, 0.4) is 0 Å². The molecule has 0 aliphatic carbocycles. The predicted octanol–water partition coefficient (Wildman–Crippen LogP) is 6.04. The fraction of sp³-hybridized carbons (Fsp3) is 0.200. The Morgan fingerprint density at radius 1 is 1.05 bits per heavy atom. The van der Waals surface area contributed by atoms with Crippen molar-refractivity contribution in [1.29, 1.82) is 0 Å². The summed E-state index contributed by atoms with van der Waals surface area (Å²) in [6.45, 7) is 2.90. The van der Waals surface area contributed by atoms with Crippen LogP contribution in [-0.4, -0.2) is 0 Å². The Hall–Kier alpha value is -0.510. The fourth-order valence-corrected chi connectivity index (χ4v) is 2.89. The van der Waals surface area contributed by atoms with E-state index in [1.165, 1.54) is 5.56 Å². The van der Waals surface area contributed by atoms with Crippen LogP contribution in [0.2, 0.25) is 5.02 Å². The number of aryl methyl sites for hydroxylation is 1. The van der Waals surface area contributed by atoms with Crippen molar-refractivity contribution in [2.24, 2.45) is 0 Å². The van der Waals surface area contributed by atoms with Crippen LogP contribution in [0.1, 0.15) is 18.1 Å². The second-order valence-electron chi connectivity index (χ2n) is 4.24. The summed E-state index contributed by atoms with van der Waals surface area (Å²) in [6, 6.07) is 12.1. The lowest BCUT2D eigenvalue weighted by Crippen LogP contribution is -2.02. The molecule has 0 fully saturated rings. The molecular formula is C15H14Br2ClN. The molecule has 19 heavy (non-hydrogen) atoms. The molecule has 0 aliphatic heterocycles. The quantitative estimate of drug-likeness (QED) is 0.656. The molecule has 2 rings (SSSR count). The molecule has 0 atom stereocenters. The number of hydrogen-bond acceptors (Lipinski definition) is 1. The Balaban J connectivity index is 2.16. The van der Waals surface area contributed by atoms with E-state index in [1.807, 2.05) is 18.2 Å². The van der Waals surface area contributed by atoms with Gasteiger partial charge in [0.25, 0.3) is 0 Å². The normalized spacial score (nSPS) is 10.5. The van der Waals surface area contributed by atoms with Gasteiger partial charge in [0.05, 0.1) is 0 Å². The fourth-order valence-electron chi connectivity index (χ4n) is 1.90. The number of anilines is 1. The largest absolute Gasteiger partial charge is 0.381 e. The standard InChI is InChI=1S/C15H14Br2ClN/c1-2-10-7-12(16)3-6-15(10)19-9-11-8-13(18)4-5-14(11)17/h3-8,19H,2,9H2,1H3. The highest BCUT2D eigenvalue weighted by molar-refractivity contribution is 9.10. The molecule has 1 N–H and O–H groups in total. The van der Waals surface area contributed by atoms with Crippen LogP contribution >= 0.6 is 43.5 Å². The average molecular weight is 404 g/mol. The van der Waals surface area contributed by atoms with Crippen LogP contribution in [0.5, 0.6) is 0 Å². The van der Waals surface area contributed by atoms with E-state index in [9.17, 15) is 0 Å². The molecule has 100 valence electrons. The van der Waals surface area contributed by atoms with Gasteiger partial charge >= 0.3 is 0 Å². The predicted molar refractivity (Wildman–Crippen MR) is 90.0 cm³/mol. The van der Waals surface area contributed by atoms with Crippen molar-refractivity contribution in [2.45, 2.75) is 19.9 Å². The van der Waals surface area contributed by atoms with Gasteiger partial charge in [-0.1, -0.05) is 50.4 Å². The van der Waals surface area contributed by atoms with Crippen molar-refractivity contribution in [1.82, 2.24) is 0 Å². The van der Waals surface area contributed by atoms with Crippen LogP contribution in [0.15, 0.2) is 45.3 Å². The number of benzene rings is 2. The summed E-state index contributed by atoms with van der Waals surface area (Å²) >= 11 is 13.1. The zero-order valence-electron chi connectivity index (χ0n) is 10.5. The van der Waals surface area contributed by atoms with E-state index < -0.39 is 0 Å². The van der Waals surface area contributed by atoms with Crippen molar-refractivity contribution in [3.8, 4) is 0 Å². The maximum absolute atomic E-state index is 6.02. The first-order valence-electron chi connectivity index (χ1n) is 6.06. The Morgan fingerprint density at radius 2 is 1.84 bits per heavy atom. The maximum Gasteiger partial charge on any atom is 0.0412 e. The lowest BCUT2D eigenvalue weighted by Gasteiger charge is -2.12. The summed E-state index contributed by atoms with van der Waals surface area (Å²) in [7, 11) is 0. The minimum Gasteiger partial charge on any atom is -0.381 e. The first-order chi connectivity index (χ1) is 9.10. The highest BCUT2D eigenvalue weighted by Crippen LogP contribution is 2.25. The highest BCUT2D eigenvalue weighted by atomic mass is 79.9. The molecule has 0 unspecified atom stereocenters. The zero-order valence-corrected chi connectivity index (χ0v) is 14.4. The van der Waals surface area contributed by atoms with Gasteiger partial charge in [-0.25, -0.2) is 0 Å². The molecule has 2 aromatic carbocycles. The smallest absolute Gasteiger partial charge is 0.0412 e. The van der Waals surface area contributed by atoms with Gasteiger partial charge in [0.15, 0.2) is 0 Å². The van der Waals surface area contributed by atoms with Crippen molar-refractivity contribution < 1.29 is 0 Å². The average Bonchev–Trinajstić information content (AvgIpc) is 2.40. The van der Waals surface area contributed by atoms with E-state index in [0.29, 0.717) is 0 Å². The van der Waals surface area contributed by atoms with Gasteiger partial charge in [-0.3, -0.25) is 0 Å². The topological polar surface area (TPSA) is 12.0 Å².